The number of fused-ring (bicyclic) bond motifs is 3. The molecule has 0 radical (unpaired) electrons. The van der Waals surface area contributed by atoms with Crippen molar-refractivity contribution in [3.8, 4) is 5.88 Å². The largest absolute Gasteiger partial charge is 0.472 e. The number of hydrogen-bond acceptors (Lipinski definition) is 10. The molecule has 4 bridgehead atoms. The fourth-order valence-electron chi connectivity index (χ4n) is 6.82. The lowest BCUT2D eigenvalue weighted by Crippen LogP contribution is -2.57. The molecule has 3 fully saturated rings. The van der Waals surface area contributed by atoms with Crippen LogP contribution in [0.3, 0.4) is 0 Å². The highest BCUT2D eigenvalue weighted by atomic mass is 32.2. The fourth-order valence-corrected chi connectivity index (χ4v) is 8.18. The molecule has 5 amide bonds. The van der Waals surface area contributed by atoms with E-state index < -0.39 is 69.2 Å². The lowest BCUT2D eigenvalue weighted by Gasteiger charge is -2.26. The Morgan fingerprint density at radius 1 is 1.22 bits per heavy atom. The smallest absolute Gasteiger partial charge is 0.407 e. The molecule has 6 rings (SSSR count). The predicted molar refractivity (Wildman–Crippen MR) is 206 cm³/mol. The van der Waals surface area contributed by atoms with Crippen molar-refractivity contribution in [3.63, 3.8) is 0 Å². The van der Waals surface area contributed by atoms with E-state index in [1.54, 1.807) is 23.2 Å². The maximum atomic E-state index is 14.2. The molecule has 3 N–H and O–H groups in total. The summed E-state index contributed by atoms with van der Waals surface area (Å²) in [7, 11) is -3.95. The first kappa shape index (κ1) is 38.5. The lowest BCUT2D eigenvalue weighted by atomic mass is 10.1. The molecule has 1 aromatic carbocycles. The summed E-state index contributed by atoms with van der Waals surface area (Å²) in [5.74, 6) is -2.55. The van der Waals surface area contributed by atoms with Crippen molar-refractivity contribution >= 4 is 56.6 Å². The maximum Gasteiger partial charge on any atom is 0.407 e. The minimum Gasteiger partial charge on any atom is -0.472 e. The number of rotatable bonds is 11. The van der Waals surface area contributed by atoms with E-state index in [4.69, 9.17) is 9.47 Å². The van der Waals surface area contributed by atoms with Crippen LogP contribution < -0.4 is 20.1 Å². The number of pyridine rings is 1. The summed E-state index contributed by atoms with van der Waals surface area (Å²) < 4.78 is 39.5. The van der Waals surface area contributed by atoms with E-state index in [1.165, 1.54) is 11.0 Å². The third-order valence-electron chi connectivity index (χ3n) is 10.1. The monoisotopic (exact) mass is 768 g/mol. The molecule has 4 aliphatic rings. The first-order chi connectivity index (χ1) is 25.9. The van der Waals surface area contributed by atoms with Gasteiger partial charge in [0.05, 0.1) is 18.4 Å². The summed E-state index contributed by atoms with van der Waals surface area (Å²) in [5, 5.41) is 6.24. The molecule has 54 heavy (non-hydrogen) atoms. The van der Waals surface area contributed by atoms with Crippen LogP contribution >= 0.6 is 0 Å². The Kier molecular flexibility index (Phi) is 11.7. The molecule has 294 valence electrons. The molecule has 0 spiro atoms. The van der Waals surface area contributed by atoms with Crippen LogP contribution in [0.4, 0.5) is 4.79 Å². The maximum absolute atomic E-state index is 14.2. The second-order valence-electron chi connectivity index (χ2n) is 14.0. The third kappa shape index (κ3) is 8.92. The number of carbonyl (C=O) groups is 5. The Labute approximate surface area is 318 Å². The first-order valence-corrected chi connectivity index (χ1v) is 19.9. The zero-order valence-electron chi connectivity index (χ0n) is 30.2. The molecule has 2 aliphatic heterocycles. The number of hydrogen-bond donors (Lipinski definition) is 3. The average Bonchev–Trinajstić information content (AvgIpc) is 4.08. The van der Waals surface area contributed by atoms with Gasteiger partial charge in [-0.25, -0.2) is 18.2 Å². The van der Waals surface area contributed by atoms with Gasteiger partial charge in [0.1, 0.15) is 24.2 Å². The van der Waals surface area contributed by atoms with Crippen LogP contribution in [0.5, 0.6) is 5.88 Å². The number of nitrogens with one attached hydrogen (secondary N) is 3. The van der Waals surface area contributed by atoms with Crippen LogP contribution in [0.25, 0.3) is 16.8 Å². The summed E-state index contributed by atoms with van der Waals surface area (Å²) in [6, 6.07) is 6.59. The number of benzene rings is 1. The van der Waals surface area contributed by atoms with Gasteiger partial charge in [0.2, 0.25) is 33.6 Å². The Morgan fingerprint density at radius 2 is 2.04 bits per heavy atom. The molecule has 1 aromatic heterocycles. The standard InChI is InChI=1S/C38H46N6O9S.3H2/c1-3-32(45)43(4-2)18-8-7-11-27-22-38(27,36(48)42-54(50,51)29-14-15-29)41-34(47)31-21-28-24-44(31)33(46)23-40-37(49)52-19-9-5-6-10-25-12-13-26-16-17-39-35(53-28)30(26)20-25;;;/h3,6-7,10-13,16-17,20,27-29,31H,1,4-5,8-9,14-15,18-19,21-24H2,2H3,(H,40,49)(H,41,47)(H,42,48);3*1H/b10-6+,11-7-;;;/t27-,28-,31+,38-;;;/m1.../s1. The second kappa shape index (κ2) is 16.4. The van der Waals surface area contributed by atoms with E-state index in [1.807, 2.05) is 43.3 Å². The summed E-state index contributed by atoms with van der Waals surface area (Å²) in [6.07, 6.45) is 11.6. The Bertz CT molecular complexity index is 2000. The summed E-state index contributed by atoms with van der Waals surface area (Å²) in [6.45, 7) is 5.92. The van der Waals surface area contributed by atoms with Crippen molar-refractivity contribution in [2.24, 2.45) is 5.92 Å². The van der Waals surface area contributed by atoms with Gasteiger partial charge in [0.15, 0.2) is 0 Å². The van der Waals surface area contributed by atoms with E-state index in [0.29, 0.717) is 51.1 Å². The van der Waals surface area contributed by atoms with E-state index in [-0.39, 0.29) is 36.2 Å². The van der Waals surface area contributed by atoms with Crippen LogP contribution in [0, 0.1) is 5.92 Å². The number of ether oxygens (including phenoxy) is 2. The lowest BCUT2D eigenvalue weighted by molar-refractivity contribution is -0.139. The average molecular weight is 769 g/mol. The van der Waals surface area contributed by atoms with Crippen molar-refractivity contribution in [2.75, 3.05) is 32.8 Å². The minimum atomic E-state index is -3.95. The quantitative estimate of drug-likeness (QED) is 0.226. The van der Waals surface area contributed by atoms with Crippen LogP contribution in [-0.2, 0) is 33.9 Å². The number of cyclic esters (lactones) is 1. The molecule has 2 saturated carbocycles. The summed E-state index contributed by atoms with van der Waals surface area (Å²) in [5.41, 5.74) is -0.686. The van der Waals surface area contributed by atoms with Crippen LogP contribution in [0.2, 0.25) is 0 Å². The Hall–Kier alpha value is -5.25. The Morgan fingerprint density at radius 3 is 2.80 bits per heavy atom. The molecule has 1 saturated heterocycles. The molecular weight excluding hydrogens is 717 g/mol. The molecule has 15 nitrogen and oxygen atoms in total. The number of alkyl carbamates (subject to hydrolysis) is 1. The van der Waals surface area contributed by atoms with Gasteiger partial charge in [-0.1, -0.05) is 43.0 Å². The highest BCUT2D eigenvalue weighted by Crippen LogP contribution is 2.46. The fraction of sp³-hybridized carbons (Fsp3) is 0.474. The zero-order chi connectivity index (χ0) is 38.5. The molecule has 16 heteroatoms. The molecule has 2 aliphatic carbocycles. The number of nitrogens with zero attached hydrogens (tertiary/aromatic N) is 3. The third-order valence-corrected chi connectivity index (χ3v) is 11.9. The number of allylic oxidation sites excluding steroid dienone is 1. The van der Waals surface area contributed by atoms with Gasteiger partial charge < -0.3 is 29.9 Å². The van der Waals surface area contributed by atoms with Crippen molar-refractivity contribution < 1.29 is 46.1 Å². The molecule has 4 atom stereocenters. The van der Waals surface area contributed by atoms with E-state index in [9.17, 15) is 32.4 Å². The first-order valence-electron chi connectivity index (χ1n) is 18.3. The molecular formula is C38H52N6O9S. The summed E-state index contributed by atoms with van der Waals surface area (Å²) in [4.78, 5) is 73.4. The van der Waals surface area contributed by atoms with Crippen LogP contribution in [-0.4, -0.2) is 109 Å². The van der Waals surface area contributed by atoms with Gasteiger partial charge in [-0.15, -0.1) is 0 Å². The molecule has 3 heterocycles. The molecule has 2 aromatic rings. The number of carbonyl (C=O) groups excluding carboxylic acids is 5. The van der Waals surface area contributed by atoms with Gasteiger partial charge in [-0.2, -0.15) is 0 Å². The van der Waals surface area contributed by atoms with Gasteiger partial charge in [-0.05, 0) is 74.6 Å². The normalized spacial score (nSPS) is 25.1. The molecule has 0 unspecified atom stereocenters. The second-order valence-corrected chi connectivity index (χ2v) is 15.9. The van der Waals surface area contributed by atoms with Gasteiger partial charge in [0.25, 0.3) is 5.91 Å². The number of sulfonamides is 1. The number of amides is 5. The van der Waals surface area contributed by atoms with E-state index in [0.717, 1.165) is 16.3 Å². The summed E-state index contributed by atoms with van der Waals surface area (Å²) >= 11 is 0. The van der Waals surface area contributed by atoms with Gasteiger partial charge in [0, 0.05) is 41.3 Å². The van der Waals surface area contributed by atoms with Crippen molar-refractivity contribution in [1.29, 1.82) is 0 Å². The predicted octanol–water partition coefficient (Wildman–Crippen LogP) is 3.32. The number of likely N-dealkylation sites (N-methyl/N-ethyl adjacent to an activating group) is 1. The highest BCUT2D eigenvalue weighted by Gasteiger charge is 2.62. The van der Waals surface area contributed by atoms with Crippen LogP contribution in [0.1, 0.15) is 61.7 Å². The van der Waals surface area contributed by atoms with Gasteiger partial charge >= 0.3 is 6.09 Å². The highest BCUT2D eigenvalue weighted by molar-refractivity contribution is 7.91. The van der Waals surface area contributed by atoms with Crippen molar-refractivity contribution in [1.82, 2.24) is 30.1 Å². The SMILES string of the molecule is C=CC(=O)N(CC)CC/C=C\[C@@H]1C[C@]1(NC(=O)[C@@H]1C[C@@H]2CN1C(=O)CNC(=O)OCCC/C=C/c1ccc3ccnc(c3c1)O2)C(=O)NS(=O)(=O)C1CC1.[HH].[HH].[HH]. The van der Waals surface area contributed by atoms with Crippen LogP contribution in [0.15, 0.2) is 61.3 Å². The zero-order valence-corrected chi connectivity index (χ0v) is 31.0. The minimum absolute atomic E-state index is 0. The number of aromatic nitrogens is 1. The van der Waals surface area contributed by atoms with Crippen molar-refractivity contribution in [3.05, 3.63) is 66.9 Å². The Balaban J connectivity index is 0.00000290. The van der Waals surface area contributed by atoms with E-state index >= 15 is 0 Å². The topological polar surface area (TPSA) is 193 Å². The van der Waals surface area contributed by atoms with Crippen molar-refractivity contribution in [2.45, 2.75) is 74.8 Å². The van der Waals surface area contributed by atoms with E-state index in [2.05, 4.69) is 26.9 Å². The van der Waals surface area contributed by atoms with Gasteiger partial charge in [-0.3, -0.25) is 23.9 Å².